The summed E-state index contributed by atoms with van der Waals surface area (Å²) in [6.07, 6.45) is 3.32. The predicted octanol–water partition coefficient (Wildman–Crippen LogP) is 2.78. The van der Waals surface area contributed by atoms with E-state index in [1.165, 1.54) is 0 Å². The van der Waals surface area contributed by atoms with Gasteiger partial charge in [0.1, 0.15) is 0 Å². The third kappa shape index (κ3) is 3.43. The van der Waals surface area contributed by atoms with E-state index in [1.54, 1.807) is 32.2 Å². The normalized spacial score (nSPS) is 25.8. The molecule has 0 radical (unpaired) electrons. The monoisotopic (exact) mass is 361 g/mol. The Bertz CT molecular complexity index is 686. The molecule has 0 bridgehead atoms. The first-order valence-corrected chi connectivity index (χ1v) is 9.31. The minimum Gasteiger partial charge on any atom is -0.477 e. The molecular formula is C20H29N2O4+. The largest absolute Gasteiger partial charge is 0.477 e. The molecule has 1 aliphatic heterocycles. The molecule has 26 heavy (non-hydrogen) atoms. The Kier molecular flexibility index (Phi) is 5.96. The number of rotatable bonds is 7. The molecule has 1 amide bonds. The number of hydrogen-bond acceptors (Lipinski definition) is 4. The Balaban J connectivity index is 2.50. The lowest BCUT2D eigenvalue weighted by Gasteiger charge is -2.37. The van der Waals surface area contributed by atoms with Crippen molar-refractivity contribution in [3.05, 3.63) is 30.1 Å². The van der Waals surface area contributed by atoms with Crippen LogP contribution in [-0.2, 0) is 14.4 Å². The van der Waals surface area contributed by atoms with Gasteiger partial charge in [-0.3, -0.25) is 9.78 Å². The number of nitrogens with zero attached hydrogens (tertiary/aromatic N) is 2. The molecule has 142 valence electrons. The SMILES string of the molecule is CCC[N+]1(C(=O)C(=O)C(C)(C)CC)CCC(c2ccccn2)[C@H]1C(=O)O. The average Bonchev–Trinajstić information content (AvgIpc) is 3.02. The van der Waals surface area contributed by atoms with Crippen LogP contribution in [0.15, 0.2) is 24.4 Å². The Hall–Kier alpha value is -2.08. The highest BCUT2D eigenvalue weighted by Crippen LogP contribution is 2.40. The maximum absolute atomic E-state index is 13.3. The first-order chi connectivity index (χ1) is 12.2. The molecule has 1 aromatic heterocycles. The summed E-state index contributed by atoms with van der Waals surface area (Å²) < 4.78 is -0.296. The summed E-state index contributed by atoms with van der Waals surface area (Å²) in [5.41, 5.74) is -0.117. The van der Waals surface area contributed by atoms with Crippen LogP contribution in [0.1, 0.15) is 58.6 Å². The van der Waals surface area contributed by atoms with E-state index in [9.17, 15) is 19.5 Å². The highest BCUT2D eigenvalue weighted by atomic mass is 16.4. The van der Waals surface area contributed by atoms with Gasteiger partial charge in [0.05, 0.1) is 24.7 Å². The molecule has 6 nitrogen and oxygen atoms in total. The maximum atomic E-state index is 13.3. The van der Waals surface area contributed by atoms with Gasteiger partial charge in [0.15, 0.2) is 0 Å². The summed E-state index contributed by atoms with van der Waals surface area (Å²) >= 11 is 0. The first kappa shape index (κ1) is 20.2. The number of pyridine rings is 1. The van der Waals surface area contributed by atoms with E-state index in [4.69, 9.17) is 0 Å². The van der Waals surface area contributed by atoms with E-state index in [1.807, 2.05) is 19.9 Å². The molecule has 2 rings (SSSR count). The van der Waals surface area contributed by atoms with E-state index < -0.39 is 29.1 Å². The summed E-state index contributed by atoms with van der Waals surface area (Å²) in [5, 5.41) is 9.99. The van der Waals surface area contributed by atoms with Crippen LogP contribution < -0.4 is 0 Å². The lowest BCUT2D eigenvalue weighted by Crippen LogP contribution is -2.63. The number of likely N-dealkylation sites (tertiary alicyclic amines) is 1. The zero-order valence-electron chi connectivity index (χ0n) is 16.1. The van der Waals surface area contributed by atoms with Crippen LogP contribution >= 0.6 is 0 Å². The number of carbonyl (C=O) groups is 3. The Morgan fingerprint density at radius 1 is 1.27 bits per heavy atom. The summed E-state index contributed by atoms with van der Waals surface area (Å²) in [4.78, 5) is 42.7. The number of aliphatic carboxylic acids is 1. The van der Waals surface area contributed by atoms with E-state index >= 15 is 0 Å². The van der Waals surface area contributed by atoms with Gasteiger partial charge in [-0.05, 0) is 25.0 Å². The maximum Gasteiger partial charge on any atom is 0.383 e. The summed E-state index contributed by atoms with van der Waals surface area (Å²) in [7, 11) is 0. The van der Waals surface area contributed by atoms with Crippen molar-refractivity contribution >= 4 is 17.7 Å². The van der Waals surface area contributed by atoms with Crippen molar-refractivity contribution in [1.82, 2.24) is 4.98 Å². The van der Waals surface area contributed by atoms with Gasteiger partial charge >= 0.3 is 11.9 Å². The molecule has 0 spiro atoms. The van der Waals surface area contributed by atoms with E-state index in [-0.39, 0.29) is 10.4 Å². The molecule has 6 heteroatoms. The standard InChI is InChI=1S/C20H28N2O4/c1-5-12-22(18(24)17(23)20(3,4)6-2)13-10-14(16(22)19(25)26)15-9-7-8-11-21-15/h7-9,11,14,16H,5-6,10,12-13H2,1-4H3/p+1/t14?,16-,22?/m0/s1. The Morgan fingerprint density at radius 3 is 2.46 bits per heavy atom. The number of quaternary nitrogens is 1. The molecule has 2 unspecified atom stereocenters. The summed E-state index contributed by atoms with van der Waals surface area (Å²) in [6.45, 7) is 7.98. The smallest absolute Gasteiger partial charge is 0.383 e. The van der Waals surface area contributed by atoms with E-state index in [2.05, 4.69) is 4.98 Å². The highest BCUT2D eigenvalue weighted by molar-refractivity contribution is 6.35. The Labute approximate surface area is 154 Å². The van der Waals surface area contributed by atoms with Gasteiger partial charge in [-0.1, -0.05) is 33.8 Å². The van der Waals surface area contributed by atoms with Crippen molar-refractivity contribution in [3.8, 4) is 0 Å². The predicted molar refractivity (Wildman–Crippen MR) is 97.4 cm³/mol. The number of aromatic nitrogens is 1. The molecule has 1 N–H and O–H groups in total. The van der Waals surface area contributed by atoms with Gasteiger partial charge in [-0.25, -0.2) is 14.1 Å². The van der Waals surface area contributed by atoms with Crippen LogP contribution in [0.2, 0.25) is 0 Å². The zero-order valence-corrected chi connectivity index (χ0v) is 16.1. The topological polar surface area (TPSA) is 84.3 Å². The average molecular weight is 361 g/mol. The number of carboxylic acid groups (broad SMARTS) is 1. The fourth-order valence-corrected chi connectivity index (χ4v) is 3.93. The number of carbonyl (C=O) groups excluding carboxylic acids is 2. The fraction of sp³-hybridized carbons (Fsp3) is 0.600. The number of Topliss-reactive ketones (excluding diaryl/α,β-unsaturated/α-hetero) is 1. The molecule has 1 fully saturated rings. The molecule has 0 saturated carbocycles. The number of amides is 1. The van der Waals surface area contributed by atoms with Gasteiger partial charge in [0, 0.05) is 18.0 Å². The first-order valence-electron chi connectivity index (χ1n) is 9.31. The van der Waals surface area contributed by atoms with Gasteiger partial charge in [0.25, 0.3) is 5.78 Å². The molecule has 1 aromatic rings. The molecular weight excluding hydrogens is 332 g/mol. The van der Waals surface area contributed by atoms with Crippen molar-refractivity contribution < 1.29 is 24.0 Å². The highest BCUT2D eigenvalue weighted by Gasteiger charge is 2.60. The van der Waals surface area contributed by atoms with Gasteiger partial charge in [0.2, 0.25) is 6.04 Å². The zero-order chi connectivity index (χ0) is 19.5. The van der Waals surface area contributed by atoms with E-state index in [0.717, 1.165) is 0 Å². The van der Waals surface area contributed by atoms with Crippen LogP contribution in [0.5, 0.6) is 0 Å². The second-order valence-corrected chi connectivity index (χ2v) is 7.79. The van der Waals surface area contributed by atoms with E-state index in [0.29, 0.717) is 38.0 Å². The second kappa shape index (κ2) is 7.66. The Morgan fingerprint density at radius 2 is 1.96 bits per heavy atom. The quantitative estimate of drug-likeness (QED) is 0.596. The van der Waals surface area contributed by atoms with Crippen molar-refractivity contribution in [2.45, 2.75) is 58.9 Å². The number of carboxylic acids is 1. The van der Waals surface area contributed by atoms with Crippen molar-refractivity contribution in [1.29, 1.82) is 0 Å². The van der Waals surface area contributed by atoms with Gasteiger partial charge in [-0.2, -0.15) is 0 Å². The lowest BCUT2D eigenvalue weighted by molar-refractivity contribution is -0.855. The third-order valence-corrected chi connectivity index (χ3v) is 5.79. The van der Waals surface area contributed by atoms with Crippen molar-refractivity contribution in [3.63, 3.8) is 0 Å². The third-order valence-electron chi connectivity index (χ3n) is 5.79. The molecule has 2 heterocycles. The fourth-order valence-electron chi connectivity index (χ4n) is 3.93. The lowest BCUT2D eigenvalue weighted by atomic mass is 9.83. The molecule has 1 aliphatic rings. The number of hydrogen-bond donors (Lipinski definition) is 1. The van der Waals surface area contributed by atoms with Crippen molar-refractivity contribution in [2.75, 3.05) is 13.1 Å². The minimum absolute atomic E-state index is 0.296. The van der Waals surface area contributed by atoms with Crippen LogP contribution in [0.25, 0.3) is 0 Å². The van der Waals surface area contributed by atoms with Crippen LogP contribution in [-0.4, -0.2) is 51.4 Å². The van der Waals surface area contributed by atoms with Gasteiger partial charge < -0.3 is 5.11 Å². The number of ketones is 1. The molecule has 0 aromatic carbocycles. The summed E-state index contributed by atoms with van der Waals surface area (Å²) in [5.74, 6) is -2.45. The van der Waals surface area contributed by atoms with Gasteiger partial charge in [-0.15, -0.1) is 0 Å². The molecule has 1 saturated heterocycles. The van der Waals surface area contributed by atoms with Crippen LogP contribution in [0.4, 0.5) is 0 Å². The molecule has 0 aliphatic carbocycles. The second-order valence-electron chi connectivity index (χ2n) is 7.79. The van der Waals surface area contributed by atoms with Crippen molar-refractivity contribution in [2.24, 2.45) is 5.41 Å². The van der Waals surface area contributed by atoms with Crippen LogP contribution in [0.3, 0.4) is 0 Å². The van der Waals surface area contributed by atoms with Crippen LogP contribution in [0, 0.1) is 5.41 Å². The molecule has 3 atom stereocenters. The minimum atomic E-state index is -1.04. The summed E-state index contributed by atoms with van der Waals surface area (Å²) in [6, 6.07) is 4.42.